The highest BCUT2D eigenvalue weighted by Gasteiger charge is 2.07. The van der Waals surface area contributed by atoms with Crippen molar-refractivity contribution in [2.45, 2.75) is 13.8 Å². The third-order valence-electron chi connectivity index (χ3n) is 1.48. The van der Waals surface area contributed by atoms with Gasteiger partial charge in [0.25, 0.3) is 0 Å². The van der Waals surface area contributed by atoms with Crippen LogP contribution in [0.1, 0.15) is 34.6 Å². The van der Waals surface area contributed by atoms with Gasteiger partial charge in [-0.05, 0) is 18.2 Å². The van der Waals surface area contributed by atoms with Crippen LogP contribution in [0.15, 0.2) is 22.7 Å². The summed E-state index contributed by atoms with van der Waals surface area (Å²) in [6.45, 7) is 4.00. The lowest BCUT2D eigenvalue weighted by molar-refractivity contribution is 0.0600. The maximum absolute atomic E-state index is 11.1. The second-order valence-electron chi connectivity index (χ2n) is 2.38. The summed E-state index contributed by atoms with van der Waals surface area (Å²) in [4.78, 5) is 21.5. The summed E-state index contributed by atoms with van der Waals surface area (Å²) in [6.07, 6.45) is 0.678. The SMILES string of the molecule is CC.COC(=O)c1cc(Br)cc(C=O)c1. The number of rotatable bonds is 2. The van der Waals surface area contributed by atoms with E-state index in [1.54, 1.807) is 12.1 Å². The molecule has 0 saturated carbocycles. The van der Waals surface area contributed by atoms with Crippen molar-refractivity contribution in [2.75, 3.05) is 7.11 Å². The molecule has 1 rings (SSSR count). The van der Waals surface area contributed by atoms with Crippen LogP contribution in [0.25, 0.3) is 0 Å². The number of halogens is 1. The van der Waals surface area contributed by atoms with Crippen LogP contribution in [0.4, 0.5) is 0 Å². The van der Waals surface area contributed by atoms with Gasteiger partial charge in [0.15, 0.2) is 0 Å². The Kier molecular flexibility index (Phi) is 6.62. The van der Waals surface area contributed by atoms with Gasteiger partial charge in [-0.3, -0.25) is 4.79 Å². The van der Waals surface area contributed by atoms with Gasteiger partial charge in [0.05, 0.1) is 12.7 Å². The molecule has 0 bridgehead atoms. The van der Waals surface area contributed by atoms with Crippen molar-refractivity contribution in [3.8, 4) is 0 Å². The fourth-order valence-electron chi connectivity index (χ4n) is 0.916. The third kappa shape index (κ3) is 4.25. The smallest absolute Gasteiger partial charge is 0.337 e. The van der Waals surface area contributed by atoms with E-state index in [9.17, 15) is 9.59 Å². The predicted octanol–water partition coefficient (Wildman–Crippen LogP) is 3.07. The van der Waals surface area contributed by atoms with Gasteiger partial charge in [-0.2, -0.15) is 0 Å². The number of aldehydes is 1. The number of carbonyl (C=O) groups excluding carboxylic acids is 2. The van der Waals surface area contributed by atoms with Crippen LogP contribution in [0.2, 0.25) is 0 Å². The molecule has 0 fully saturated rings. The van der Waals surface area contributed by atoms with Crippen LogP contribution in [-0.2, 0) is 4.74 Å². The first-order chi connectivity index (χ1) is 7.17. The number of ether oxygens (including phenoxy) is 1. The van der Waals surface area contributed by atoms with E-state index in [0.29, 0.717) is 21.9 Å². The zero-order valence-corrected chi connectivity index (χ0v) is 10.5. The highest BCUT2D eigenvalue weighted by atomic mass is 79.9. The van der Waals surface area contributed by atoms with Gasteiger partial charge in [0.2, 0.25) is 0 Å². The minimum Gasteiger partial charge on any atom is -0.465 e. The van der Waals surface area contributed by atoms with Crippen molar-refractivity contribution in [1.82, 2.24) is 0 Å². The summed E-state index contributed by atoms with van der Waals surface area (Å²) >= 11 is 3.18. The Morgan fingerprint density at radius 2 is 1.93 bits per heavy atom. The molecule has 0 aliphatic rings. The molecule has 15 heavy (non-hydrogen) atoms. The maximum atomic E-state index is 11.1. The van der Waals surface area contributed by atoms with Gasteiger partial charge >= 0.3 is 5.97 Å². The molecule has 0 aromatic heterocycles. The molecule has 0 aliphatic carbocycles. The van der Waals surface area contributed by atoms with Crippen molar-refractivity contribution < 1.29 is 14.3 Å². The summed E-state index contributed by atoms with van der Waals surface area (Å²) in [5.74, 6) is -0.454. The number of benzene rings is 1. The predicted molar refractivity (Wildman–Crippen MR) is 62.2 cm³/mol. The zero-order valence-electron chi connectivity index (χ0n) is 8.91. The van der Waals surface area contributed by atoms with Crippen LogP contribution in [0.5, 0.6) is 0 Å². The van der Waals surface area contributed by atoms with E-state index in [2.05, 4.69) is 20.7 Å². The van der Waals surface area contributed by atoms with Crippen LogP contribution >= 0.6 is 15.9 Å². The van der Waals surface area contributed by atoms with E-state index >= 15 is 0 Å². The molecule has 4 heteroatoms. The fourth-order valence-corrected chi connectivity index (χ4v) is 1.43. The monoisotopic (exact) mass is 272 g/mol. The number of esters is 1. The first-order valence-electron chi connectivity index (χ1n) is 4.51. The molecule has 1 aromatic rings. The first kappa shape index (κ1) is 13.8. The lowest BCUT2D eigenvalue weighted by Gasteiger charge is -2.00. The number of hydrogen-bond acceptors (Lipinski definition) is 3. The Hall–Kier alpha value is -1.16. The molecule has 0 amide bonds. The molecular weight excluding hydrogens is 260 g/mol. The van der Waals surface area contributed by atoms with Gasteiger partial charge in [0.1, 0.15) is 6.29 Å². The van der Waals surface area contributed by atoms with Crippen LogP contribution in [0, 0.1) is 0 Å². The van der Waals surface area contributed by atoms with E-state index in [1.165, 1.54) is 13.2 Å². The standard InChI is InChI=1S/C9H7BrO3.C2H6/c1-13-9(12)7-2-6(5-11)3-8(10)4-7;1-2/h2-5H,1H3;1-2H3. The summed E-state index contributed by atoms with van der Waals surface area (Å²) in [5, 5.41) is 0. The molecule has 0 radical (unpaired) electrons. The lowest BCUT2D eigenvalue weighted by Crippen LogP contribution is -2.01. The second-order valence-corrected chi connectivity index (χ2v) is 3.30. The minimum absolute atomic E-state index is 0.360. The molecule has 0 saturated heterocycles. The van der Waals surface area contributed by atoms with Crippen molar-refractivity contribution in [3.05, 3.63) is 33.8 Å². The Morgan fingerprint density at radius 3 is 2.40 bits per heavy atom. The normalized spacial score (nSPS) is 8.53. The van der Waals surface area contributed by atoms with E-state index < -0.39 is 5.97 Å². The summed E-state index contributed by atoms with van der Waals surface area (Å²) < 4.78 is 5.19. The average molecular weight is 273 g/mol. The maximum Gasteiger partial charge on any atom is 0.337 e. The first-order valence-corrected chi connectivity index (χ1v) is 5.30. The molecule has 0 atom stereocenters. The average Bonchev–Trinajstić information content (AvgIpc) is 2.29. The highest BCUT2D eigenvalue weighted by molar-refractivity contribution is 9.10. The van der Waals surface area contributed by atoms with Gasteiger partial charge in [-0.25, -0.2) is 4.79 Å². The molecule has 0 unspecified atom stereocenters. The van der Waals surface area contributed by atoms with Crippen molar-refractivity contribution in [2.24, 2.45) is 0 Å². The van der Waals surface area contributed by atoms with Crippen molar-refractivity contribution in [1.29, 1.82) is 0 Å². The van der Waals surface area contributed by atoms with Gasteiger partial charge in [-0.1, -0.05) is 29.8 Å². The van der Waals surface area contributed by atoms with E-state index in [4.69, 9.17) is 0 Å². The molecule has 0 N–H and O–H groups in total. The second kappa shape index (κ2) is 7.17. The summed E-state index contributed by atoms with van der Waals surface area (Å²) in [6, 6.07) is 4.70. The molecule has 3 nitrogen and oxygen atoms in total. The van der Waals surface area contributed by atoms with E-state index in [-0.39, 0.29) is 0 Å². The fraction of sp³-hybridized carbons (Fsp3) is 0.273. The Bertz CT molecular complexity index is 348. The molecule has 0 aliphatic heterocycles. The lowest BCUT2D eigenvalue weighted by atomic mass is 10.1. The van der Waals surface area contributed by atoms with Crippen LogP contribution < -0.4 is 0 Å². The Labute approximate surface area is 97.6 Å². The quantitative estimate of drug-likeness (QED) is 0.614. The zero-order chi connectivity index (χ0) is 11.8. The molecular formula is C11H13BrO3. The summed E-state index contributed by atoms with van der Waals surface area (Å²) in [7, 11) is 1.30. The molecule has 0 heterocycles. The number of carbonyl (C=O) groups is 2. The van der Waals surface area contributed by atoms with Crippen LogP contribution in [-0.4, -0.2) is 19.4 Å². The Morgan fingerprint density at radius 1 is 1.33 bits per heavy atom. The third-order valence-corrected chi connectivity index (χ3v) is 1.94. The topological polar surface area (TPSA) is 43.4 Å². The number of methoxy groups -OCH3 is 1. The molecule has 1 aromatic carbocycles. The molecule has 82 valence electrons. The van der Waals surface area contributed by atoms with Gasteiger partial charge < -0.3 is 4.74 Å². The molecule has 0 spiro atoms. The number of hydrogen-bond donors (Lipinski definition) is 0. The minimum atomic E-state index is -0.454. The highest BCUT2D eigenvalue weighted by Crippen LogP contribution is 2.15. The van der Waals surface area contributed by atoms with Crippen LogP contribution in [0.3, 0.4) is 0 Å². The van der Waals surface area contributed by atoms with E-state index in [1.807, 2.05) is 13.8 Å². The van der Waals surface area contributed by atoms with E-state index in [0.717, 1.165) is 0 Å². The Balaban J connectivity index is 0.000000921. The van der Waals surface area contributed by atoms with Crippen molar-refractivity contribution >= 4 is 28.2 Å². The van der Waals surface area contributed by atoms with Gasteiger partial charge in [0, 0.05) is 10.0 Å². The van der Waals surface area contributed by atoms with Gasteiger partial charge in [-0.15, -0.1) is 0 Å². The summed E-state index contributed by atoms with van der Waals surface area (Å²) in [5.41, 5.74) is 0.800. The van der Waals surface area contributed by atoms with Crippen molar-refractivity contribution in [3.63, 3.8) is 0 Å². The largest absolute Gasteiger partial charge is 0.465 e.